The van der Waals surface area contributed by atoms with Crippen molar-refractivity contribution < 1.29 is 39.0 Å². The maximum Gasteiger partial charge on any atom is 0.326 e. The van der Waals surface area contributed by atoms with Crippen molar-refractivity contribution in [2.45, 2.75) is 76.0 Å². The van der Waals surface area contributed by atoms with Crippen LogP contribution in [0.2, 0.25) is 0 Å². The first kappa shape index (κ1) is 31.2. The van der Waals surface area contributed by atoms with Gasteiger partial charge in [-0.2, -0.15) is 0 Å². The van der Waals surface area contributed by atoms with E-state index in [-0.39, 0.29) is 18.7 Å². The van der Waals surface area contributed by atoms with E-state index >= 15 is 0 Å². The summed E-state index contributed by atoms with van der Waals surface area (Å²) in [5.74, 6) is -5.28. The molecule has 214 valence electrons. The normalized spacial score (nSPS) is 17.0. The van der Waals surface area contributed by atoms with E-state index in [1.807, 2.05) is 0 Å². The van der Waals surface area contributed by atoms with Crippen molar-refractivity contribution >= 4 is 35.6 Å². The van der Waals surface area contributed by atoms with Gasteiger partial charge >= 0.3 is 11.9 Å². The number of nitrogens with two attached hydrogens (primary N) is 1. The highest BCUT2D eigenvalue weighted by Gasteiger charge is 2.36. The quantitative estimate of drug-likeness (QED) is 0.154. The molecular formula is C26H37N5O8. The Balaban J connectivity index is 2.16. The van der Waals surface area contributed by atoms with Crippen molar-refractivity contribution in [1.29, 1.82) is 0 Å². The first-order valence-corrected chi connectivity index (χ1v) is 12.9. The molecule has 1 fully saturated rings. The number of carbonyl (C=O) groups excluding carboxylic acids is 4. The molecular weight excluding hydrogens is 510 g/mol. The molecule has 2 rings (SSSR count). The highest BCUT2D eigenvalue weighted by molar-refractivity contribution is 5.96. The minimum atomic E-state index is -1.52. The fraction of sp³-hybridized carbons (Fsp3) is 0.538. The minimum Gasteiger partial charge on any atom is -0.481 e. The number of hydrogen-bond donors (Lipinski definition) is 6. The average Bonchev–Trinajstić information content (AvgIpc) is 3.38. The second-order valence-corrected chi connectivity index (χ2v) is 9.46. The van der Waals surface area contributed by atoms with E-state index in [1.165, 1.54) is 11.8 Å². The van der Waals surface area contributed by atoms with Crippen molar-refractivity contribution in [3.63, 3.8) is 0 Å². The molecule has 4 unspecified atom stereocenters. The molecule has 4 amide bonds. The van der Waals surface area contributed by atoms with Crippen LogP contribution in [0.5, 0.6) is 0 Å². The van der Waals surface area contributed by atoms with Crippen LogP contribution in [0, 0.1) is 0 Å². The van der Waals surface area contributed by atoms with Gasteiger partial charge in [-0.25, -0.2) is 4.79 Å². The maximum absolute atomic E-state index is 13.1. The Morgan fingerprint density at radius 2 is 1.59 bits per heavy atom. The standard InChI is InChI=1S/C26H37N5O8/c1-16(32)31-13-7-11-21(31)25(37)29-19(15-22(33)34)24(36)28-18(10-5-6-12-27)23(35)30-20(26(38)39)14-17-8-3-2-4-9-17/h2-4,8-9,18-21H,5-7,10-15,27H2,1H3,(H,28,36)(H,29,37)(H,30,35)(H,33,34)(H,38,39). The lowest BCUT2D eigenvalue weighted by Gasteiger charge is -2.26. The van der Waals surface area contributed by atoms with Gasteiger partial charge in [0.25, 0.3) is 0 Å². The van der Waals surface area contributed by atoms with Crippen molar-refractivity contribution in [2.24, 2.45) is 5.73 Å². The van der Waals surface area contributed by atoms with Gasteiger partial charge in [0.15, 0.2) is 0 Å². The van der Waals surface area contributed by atoms with Gasteiger partial charge in [0, 0.05) is 19.9 Å². The number of unbranched alkanes of at least 4 members (excludes halogenated alkanes) is 1. The summed E-state index contributed by atoms with van der Waals surface area (Å²) in [4.78, 5) is 75.5. The Bertz CT molecular complexity index is 1030. The average molecular weight is 548 g/mol. The Morgan fingerprint density at radius 1 is 0.949 bits per heavy atom. The molecule has 0 radical (unpaired) electrons. The first-order valence-electron chi connectivity index (χ1n) is 12.9. The summed E-state index contributed by atoms with van der Waals surface area (Å²) in [6, 6.07) is 3.88. The fourth-order valence-corrected chi connectivity index (χ4v) is 4.42. The van der Waals surface area contributed by atoms with E-state index in [2.05, 4.69) is 16.0 Å². The Kier molecular flexibility index (Phi) is 12.3. The highest BCUT2D eigenvalue weighted by Crippen LogP contribution is 2.18. The summed E-state index contributed by atoms with van der Waals surface area (Å²) in [5, 5.41) is 26.3. The molecule has 1 saturated heterocycles. The van der Waals surface area contributed by atoms with E-state index in [9.17, 15) is 39.0 Å². The number of amides is 4. The van der Waals surface area contributed by atoms with Crippen LogP contribution in [0.25, 0.3) is 0 Å². The number of likely N-dealkylation sites (tertiary alicyclic amines) is 1. The van der Waals surface area contributed by atoms with Crippen LogP contribution in [0.4, 0.5) is 0 Å². The number of benzene rings is 1. The summed E-state index contributed by atoms with van der Waals surface area (Å²) in [7, 11) is 0. The minimum absolute atomic E-state index is 0.0110. The van der Waals surface area contributed by atoms with Gasteiger partial charge < -0.3 is 36.8 Å². The second kappa shape index (κ2) is 15.4. The smallest absolute Gasteiger partial charge is 0.326 e. The molecule has 1 aromatic rings. The van der Waals surface area contributed by atoms with E-state index < -0.39 is 60.2 Å². The number of nitrogens with one attached hydrogen (secondary N) is 3. The number of carboxylic acids is 2. The van der Waals surface area contributed by atoms with E-state index in [1.54, 1.807) is 30.3 Å². The van der Waals surface area contributed by atoms with Gasteiger partial charge in [0.05, 0.1) is 6.42 Å². The van der Waals surface area contributed by atoms with Crippen LogP contribution in [0.3, 0.4) is 0 Å². The number of carboxylic acid groups (broad SMARTS) is 2. The number of hydrogen-bond acceptors (Lipinski definition) is 7. The molecule has 13 heteroatoms. The lowest BCUT2D eigenvalue weighted by molar-refractivity contribution is -0.143. The zero-order valence-corrected chi connectivity index (χ0v) is 21.9. The Hall–Kier alpha value is -4.00. The molecule has 4 atom stereocenters. The summed E-state index contributed by atoms with van der Waals surface area (Å²) < 4.78 is 0. The molecule has 0 aliphatic carbocycles. The Labute approximate surface area is 226 Å². The zero-order chi connectivity index (χ0) is 28.9. The summed E-state index contributed by atoms with van der Waals surface area (Å²) in [5.41, 5.74) is 6.23. The number of carbonyl (C=O) groups is 6. The molecule has 13 nitrogen and oxygen atoms in total. The largest absolute Gasteiger partial charge is 0.481 e. The van der Waals surface area contributed by atoms with Crippen LogP contribution in [-0.4, -0.2) is 87.9 Å². The molecule has 1 heterocycles. The number of nitrogens with zero attached hydrogens (tertiary/aromatic N) is 1. The third kappa shape index (κ3) is 10.0. The van der Waals surface area contributed by atoms with Gasteiger partial charge in [-0.05, 0) is 44.2 Å². The summed E-state index contributed by atoms with van der Waals surface area (Å²) in [6.45, 7) is 2.03. The lowest BCUT2D eigenvalue weighted by atomic mass is 10.0. The van der Waals surface area contributed by atoms with Crippen LogP contribution in [-0.2, 0) is 35.2 Å². The zero-order valence-electron chi connectivity index (χ0n) is 21.9. The third-order valence-electron chi connectivity index (χ3n) is 6.45. The van der Waals surface area contributed by atoms with Crippen molar-refractivity contribution in [2.75, 3.05) is 13.1 Å². The van der Waals surface area contributed by atoms with Gasteiger partial charge in [-0.1, -0.05) is 30.3 Å². The Morgan fingerprint density at radius 3 is 2.18 bits per heavy atom. The SMILES string of the molecule is CC(=O)N1CCCC1C(=O)NC(CC(=O)O)C(=O)NC(CCCCN)C(=O)NC(Cc1ccccc1)C(=O)O. The summed E-state index contributed by atoms with van der Waals surface area (Å²) >= 11 is 0. The molecule has 0 saturated carbocycles. The predicted molar refractivity (Wildman–Crippen MR) is 139 cm³/mol. The van der Waals surface area contributed by atoms with Gasteiger partial charge in [0.1, 0.15) is 24.2 Å². The summed E-state index contributed by atoms with van der Waals surface area (Å²) in [6.07, 6.45) is 1.28. The van der Waals surface area contributed by atoms with E-state index in [0.717, 1.165) is 0 Å². The number of rotatable bonds is 15. The molecule has 0 spiro atoms. The lowest BCUT2D eigenvalue weighted by Crippen LogP contribution is -2.58. The molecule has 0 aromatic heterocycles. The molecule has 39 heavy (non-hydrogen) atoms. The van der Waals surface area contributed by atoms with Gasteiger partial charge in [-0.3, -0.25) is 24.0 Å². The second-order valence-electron chi connectivity index (χ2n) is 9.46. The van der Waals surface area contributed by atoms with Crippen molar-refractivity contribution in [3.05, 3.63) is 35.9 Å². The molecule has 0 bridgehead atoms. The van der Waals surface area contributed by atoms with E-state index in [4.69, 9.17) is 5.73 Å². The molecule has 1 aromatic carbocycles. The van der Waals surface area contributed by atoms with Crippen LogP contribution in [0.1, 0.15) is 51.0 Å². The van der Waals surface area contributed by atoms with Gasteiger partial charge in [-0.15, -0.1) is 0 Å². The molecule has 1 aliphatic rings. The fourth-order valence-electron chi connectivity index (χ4n) is 4.42. The predicted octanol–water partition coefficient (Wildman–Crippen LogP) is -0.617. The maximum atomic E-state index is 13.1. The van der Waals surface area contributed by atoms with Crippen molar-refractivity contribution in [3.8, 4) is 0 Å². The molecule has 7 N–H and O–H groups in total. The highest BCUT2D eigenvalue weighted by atomic mass is 16.4. The van der Waals surface area contributed by atoms with Crippen LogP contribution in [0.15, 0.2) is 30.3 Å². The van der Waals surface area contributed by atoms with Crippen molar-refractivity contribution in [1.82, 2.24) is 20.9 Å². The van der Waals surface area contributed by atoms with Crippen LogP contribution < -0.4 is 21.7 Å². The topological polar surface area (TPSA) is 208 Å². The van der Waals surface area contributed by atoms with E-state index in [0.29, 0.717) is 44.3 Å². The van der Waals surface area contributed by atoms with Gasteiger partial charge in [0.2, 0.25) is 23.6 Å². The number of aliphatic carboxylic acids is 2. The first-order chi connectivity index (χ1) is 18.5. The monoisotopic (exact) mass is 547 g/mol. The third-order valence-corrected chi connectivity index (χ3v) is 6.45. The molecule has 1 aliphatic heterocycles. The van der Waals surface area contributed by atoms with Crippen LogP contribution >= 0.6 is 0 Å².